The average Bonchev–Trinajstić information content (AvgIpc) is 3.53. The molecule has 2 fully saturated rings. The molecule has 1 aromatic carbocycles. The number of carbonyl (C=O) groups excluding carboxylic acids is 4. The Morgan fingerprint density at radius 3 is 2.16 bits per heavy atom. The summed E-state index contributed by atoms with van der Waals surface area (Å²) in [5.74, 6) is -0.815. The van der Waals surface area contributed by atoms with Gasteiger partial charge in [-0.15, -0.1) is 0 Å². The zero-order chi connectivity index (χ0) is 33.0. The Morgan fingerprint density at radius 2 is 1.56 bits per heavy atom. The van der Waals surface area contributed by atoms with Gasteiger partial charge in [-0.2, -0.15) is 0 Å². The van der Waals surface area contributed by atoms with Crippen molar-refractivity contribution in [1.82, 2.24) is 20.6 Å². The Morgan fingerprint density at radius 1 is 0.933 bits per heavy atom. The Hall–Kier alpha value is -3.18. The SMILES string of the molecule is CC(C)COC(C)ONC(=O)CC(CC1CCCC1)C(=O)N[C@H](C(=O)N1CCN(C(=O)OCc2ccccc2)CC1)C(C)(C)C. The van der Waals surface area contributed by atoms with Crippen LogP contribution in [0.15, 0.2) is 30.3 Å². The zero-order valence-electron chi connectivity index (χ0n) is 28.0. The van der Waals surface area contributed by atoms with E-state index in [1.807, 2.05) is 65.0 Å². The highest BCUT2D eigenvalue weighted by Gasteiger charge is 2.39. The van der Waals surface area contributed by atoms with E-state index < -0.39 is 35.7 Å². The fourth-order valence-corrected chi connectivity index (χ4v) is 5.72. The average molecular weight is 631 g/mol. The van der Waals surface area contributed by atoms with Crippen LogP contribution >= 0.6 is 0 Å². The van der Waals surface area contributed by atoms with Crippen molar-refractivity contribution < 1.29 is 33.5 Å². The van der Waals surface area contributed by atoms with Crippen molar-refractivity contribution in [2.24, 2.45) is 23.2 Å². The lowest BCUT2D eigenvalue weighted by atomic mass is 9.84. The number of benzene rings is 1. The summed E-state index contributed by atoms with van der Waals surface area (Å²) in [6, 6.07) is 8.69. The Balaban J connectivity index is 1.58. The van der Waals surface area contributed by atoms with Crippen LogP contribution in [-0.4, -0.2) is 78.7 Å². The highest BCUT2D eigenvalue weighted by molar-refractivity contribution is 5.91. The van der Waals surface area contributed by atoms with Gasteiger partial charge in [-0.1, -0.05) is 90.6 Å². The Labute approximate surface area is 268 Å². The minimum absolute atomic E-state index is 0.0476. The highest BCUT2D eigenvalue weighted by atomic mass is 16.8. The number of ether oxygens (including phenoxy) is 2. The fraction of sp³-hybridized carbons (Fsp3) is 0.706. The molecule has 0 radical (unpaired) electrons. The number of nitrogens with zero attached hydrogens (tertiary/aromatic N) is 2. The zero-order valence-corrected chi connectivity index (χ0v) is 28.0. The lowest BCUT2D eigenvalue weighted by Gasteiger charge is -2.39. The van der Waals surface area contributed by atoms with Gasteiger partial charge in [-0.25, -0.2) is 15.1 Å². The van der Waals surface area contributed by atoms with Crippen molar-refractivity contribution in [2.75, 3.05) is 32.8 Å². The van der Waals surface area contributed by atoms with Gasteiger partial charge in [0, 0.05) is 38.5 Å². The standard InChI is InChI=1S/C34H54N4O7/c1-24(2)22-43-25(3)45-36-29(39)21-28(20-26-12-10-11-13-26)31(40)35-30(34(4,5)6)32(41)37-16-18-38(19-17-37)33(42)44-23-27-14-8-7-9-15-27/h7-9,14-15,24-26,28,30H,10-13,16-23H2,1-6H3,(H,35,40)(H,36,39)/t25?,28?,30-/m1/s1. The molecule has 1 heterocycles. The summed E-state index contributed by atoms with van der Waals surface area (Å²) in [5, 5.41) is 3.02. The summed E-state index contributed by atoms with van der Waals surface area (Å²) in [6.45, 7) is 13.5. The van der Waals surface area contributed by atoms with Gasteiger partial charge >= 0.3 is 6.09 Å². The van der Waals surface area contributed by atoms with Crippen LogP contribution in [0.3, 0.4) is 0 Å². The summed E-state index contributed by atoms with van der Waals surface area (Å²) in [5.41, 5.74) is 2.77. The van der Waals surface area contributed by atoms with E-state index in [2.05, 4.69) is 10.8 Å². The molecule has 1 saturated carbocycles. The number of amides is 4. The summed E-state index contributed by atoms with van der Waals surface area (Å²) in [6.07, 6.45) is 3.80. The van der Waals surface area contributed by atoms with Crippen molar-refractivity contribution >= 4 is 23.8 Å². The van der Waals surface area contributed by atoms with E-state index in [0.717, 1.165) is 31.2 Å². The van der Waals surface area contributed by atoms with Crippen LogP contribution in [0.2, 0.25) is 0 Å². The third kappa shape index (κ3) is 12.3. The fourth-order valence-electron chi connectivity index (χ4n) is 5.72. The minimum Gasteiger partial charge on any atom is -0.445 e. The quantitative estimate of drug-likeness (QED) is 0.226. The number of rotatable bonds is 14. The molecule has 0 spiro atoms. The van der Waals surface area contributed by atoms with Crippen LogP contribution in [0.4, 0.5) is 4.79 Å². The monoisotopic (exact) mass is 630 g/mol. The maximum absolute atomic E-state index is 13.8. The Kier molecular flexibility index (Phi) is 14.1. The lowest BCUT2D eigenvalue weighted by molar-refractivity contribution is -0.183. The number of nitrogens with one attached hydrogen (secondary N) is 2. The number of hydrogen-bond acceptors (Lipinski definition) is 7. The number of piperazine rings is 1. The largest absolute Gasteiger partial charge is 0.445 e. The Bertz CT molecular complexity index is 1090. The van der Waals surface area contributed by atoms with Gasteiger partial charge in [0.05, 0.1) is 6.61 Å². The smallest absolute Gasteiger partial charge is 0.410 e. The van der Waals surface area contributed by atoms with E-state index in [1.165, 1.54) is 0 Å². The third-order valence-corrected chi connectivity index (χ3v) is 8.35. The first-order chi connectivity index (χ1) is 21.3. The summed E-state index contributed by atoms with van der Waals surface area (Å²) in [7, 11) is 0. The van der Waals surface area contributed by atoms with E-state index in [4.69, 9.17) is 14.3 Å². The summed E-state index contributed by atoms with van der Waals surface area (Å²) >= 11 is 0. The molecule has 1 aromatic rings. The van der Waals surface area contributed by atoms with Crippen LogP contribution in [0, 0.1) is 23.2 Å². The second-order valence-corrected chi connectivity index (χ2v) is 13.9. The first kappa shape index (κ1) is 36.3. The van der Waals surface area contributed by atoms with Crippen molar-refractivity contribution in [3.63, 3.8) is 0 Å². The van der Waals surface area contributed by atoms with E-state index >= 15 is 0 Å². The first-order valence-electron chi connectivity index (χ1n) is 16.4. The molecule has 0 bridgehead atoms. The molecule has 0 aromatic heterocycles. The first-order valence-corrected chi connectivity index (χ1v) is 16.4. The van der Waals surface area contributed by atoms with E-state index in [1.54, 1.807) is 16.7 Å². The van der Waals surface area contributed by atoms with E-state index in [-0.39, 0.29) is 24.8 Å². The van der Waals surface area contributed by atoms with E-state index in [9.17, 15) is 19.2 Å². The van der Waals surface area contributed by atoms with Crippen molar-refractivity contribution in [1.29, 1.82) is 0 Å². The van der Waals surface area contributed by atoms with Gasteiger partial charge in [0.1, 0.15) is 12.6 Å². The molecule has 11 nitrogen and oxygen atoms in total. The van der Waals surface area contributed by atoms with E-state index in [0.29, 0.717) is 51.0 Å². The molecule has 4 amide bonds. The molecular weight excluding hydrogens is 576 g/mol. The van der Waals surface area contributed by atoms with Crippen molar-refractivity contribution in [3.8, 4) is 0 Å². The molecule has 2 aliphatic rings. The molecule has 11 heteroatoms. The van der Waals surface area contributed by atoms with Crippen LogP contribution in [0.1, 0.15) is 85.6 Å². The predicted molar refractivity (Wildman–Crippen MR) is 170 cm³/mol. The lowest BCUT2D eigenvalue weighted by Crippen LogP contribution is -2.59. The normalized spacial score (nSPS) is 17.9. The molecule has 3 rings (SSSR count). The summed E-state index contributed by atoms with van der Waals surface area (Å²) < 4.78 is 11.0. The maximum atomic E-state index is 13.8. The van der Waals surface area contributed by atoms with Crippen LogP contribution in [0.5, 0.6) is 0 Å². The van der Waals surface area contributed by atoms with Gasteiger partial charge in [0.2, 0.25) is 17.7 Å². The van der Waals surface area contributed by atoms with Gasteiger partial charge in [-0.05, 0) is 36.2 Å². The minimum atomic E-state index is -0.795. The molecule has 252 valence electrons. The second-order valence-electron chi connectivity index (χ2n) is 13.9. The van der Waals surface area contributed by atoms with Gasteiger partial charge < -0.3 is 24.6 Å². The molecule has 1 aliphatic heterocycles. The molecule has 45 heavy (non-hydrogen) atoms. The second kappa shape index (κ2) is 17.5. The maximum Gasteiger partial charge on any atom is 0.410 e. The molecular formula is C34H54N4O7. The van der Waals surface area contributed by atoms with Crippen LogP contribution in [0.25, 0.3) is 0 Å². The van der Waals surface area contributed by atoms with Crippen LogP contribution < -0.4 is 10.8 Å². The van der Waals surface area contributed by atoms with Gasteiger partial charge in [0.15, 0.2) is 6.29 Å². The number of hydroxylamine groups is 1. The third-order valence-electron chi connectivity index (χ3n) is 8.35. The van der Waals surface area contributed by atoms with Crippen molar-refractivity contribution in [2.45, 2.75) is 99.0 Å². The summed E-state index contributed by atoms with van der Waals surface area (Å²) in [4.78, 5) is 61.7. The topological polar surface area (TPSA) is 127 Å². The van der Waals surface area contributed by atoms with Gasteiger partial charge in [0.25, 0.3) is 0 Å². The molecule has 1 aliphatic carbocycles. The number of carbonyl (C=O) groups is 4. The molecule has 3 atom stereocenters. The van der Waals surface area contributed by atoms with Crippen LogP contribution in [-0.2, 0) is 35.3 Å². The molecule has 1 saturated heterocycles. The van der Waals surface area contributed by atoms with Gasteiger partial charge in [-0.3, -0.25) is 14.4 Å². The molecule has 2 unspecified atom stereocenters. The van der Waals surface area contributed by atoms with Crippen molar-refractivity contribution in [3.05, 3.63) is 35.9 Å². The number of hydrogen-bond donors (Lipinski definition) is 2. The highest BCUT2D eigenvalue weighted by Crippen LogP contribution is 2.32. The predicted octanol–water partition coefficient (Wildman–Crippen LogP) is 4.65. The molecule has 2 N–H and O–H groups in total.